The maximum Gasteiger partial charge on any atom is 0.150 e. The van der Waals surface area contributed by atoms with Crippen molar-refractivity contribution >= 4 is 29.2 Å². The molecule has 3 aromatic carbocycles. The molecule has 0 bridgehead atoms. The number of carbonyl (C=O) groups is 1. The molecule has 0 atom stereocenters. The Kier molecular flexibility index (Phi) is 3.42. The first-order valence-electron chi connectivity index (χ1n) is 6.58. The summed E-state index contributed by atoms with van der Waals surface area (Å²) in [5, 5.41) is 2.23. The molecule has 1 nitrogen and oxygen atoms in total. The van der Waals surface area contributed by atoms with E-state index in [1.807, 2.05) is 66.7 Å². The first-order chi connectivity index (χ1) is 9.86. The molecule has 20 heavy (non-hydrogen) atoms. The van der Waals surface area contributed by atoms with E-state index in [0.717, 1.165) is 33.7 Å². The minimum absolute atomic E-state index is 0.718. The highest BCUT2D eigenvalue weighted by Crippen LogP contribution is 2.21. The maximum absolute atomic E-state index is 11.2. The van der Waals surface area contributed by atoms with E-state index in [0.29, 0.717) is 0 Å². The highest BCUT2D eigenvalue weighted by Gasteiger charge is 2.01. The third-order valence-electron chi connectivity index (χ3n) is 3.33. The monoisotopic (exact) mass is 258 g/mol. The lowest BCUT2D eigenvalue weighted by molar-refractivity contribution is 0.112. The summed E-state index contributed by atoms with van der Waals surface area (Å²) in [5.74, 6) is 0. The summed E-state index contributed by atoms with van der Waals surface area (Å²) >= 11 is 0. The van der Waals surface area contributed by atoms with Crippen molar-refractivity contribution in [3.8, 4) is 0 Å². The third-order valence-corrected chi connectivity index (χ3v) is 3.33. The quantitative estimate of drug-likeness (QED) is 0.486. The Bertz CT molecular complexity index is 770. The predicted molar refractivity (Wildman–Crippen MR) is 84.7 cm³/mol. The fraction of sp³-hybridized carbons (Fsp3) is 0. The summed E-state index contributed by atoms with van der Waals surface area (Å²) in [6, 6.07) is 22.1. The van der Waals surface area contributed by atoms with Gasteiger partial charge in [0.2, 0.25) is 0 Å². The molecule has 0 aliphatic heterocycles. The van der Waals surface area contributed by atoms with Crippen LogP contribution >= 0.6 is 0 Å². The Morgan fingerprint density at radius 2 is 1.25 bits per heavy atom. The summed E-state index contributed by atoms with van der Waals surface area (Å²) in [7, 11) is 0. The van der Waals surface area contributed by atoms with Crippen LogP contribution in [0.5, 0.6) is 0 Å². The van der Waals surface area contributed by atoms with Crippen LogP contribution in [0.4, 0.5) is 0 Å². The van der Waals surface area contributed by atoms with Gasteiger partial charge in [-0.2, -0.15) is 0 Å². The molecule has 0 fully saturated rings. The zero-order valence-corrected chi connectivity index (χ0v) is 11.0. The normalized spacial score (nSPS) is 11.0. The van der Waals surface area contributed by atoms with Crippen LogP contribution in [0.25, 0.3) is 22.9 Å². The summed E-state index contributed by atoms with van der Waals surface area (Å²) in [4.78, 5) is 11.2. The number of benzene rings is 3. The van der Waals surface area contributed by atoms with E-state index in [-0.39, 0.29) is 0 Å². The standard InChI is InChI=1S/C19H14O/c20-14-19-13-17-9-5-4-8-16(17)12-18(19)11-10-15-6-2-1-3-7-15/h1-14H. The highest BCUT2D eigenvalue weighted by molar-refractivity contribution is 5.94. The van der Waals surface area contributed by atoms with Gasteiger partial charge < -0.3 is 0 Å². The van der Waals surface area contributed by atoms with Crippen LogP contribution < -0.4 is 0 Å². The van der Waals surface area contributed by atoms with Crippen molar-refractivity contribution in [3.63, 3.8) is 0 Å². The molecule has 0 aromatic heterocycles. The van der Waals surface area contributed by atoms with Gasteiger partial charge in [-0.1, -0.05) is 66.7 Å². The van der Waals surface area contributed by atoms with Crippen molar-refractivity contribution in [1.29, 1.82) is 0 Å². The van der Waals surface area contributed by atoms with E-state index >= 15 is 0 Å². The van der Waals surface area contributed by atoms with Crippen LogP contribution in [0, 0.1) is 0 Å². The lowest BCUT2D eigenvalue weighted by Gasteiger charge is -2.03. The van der Waals surface area contributed by atoms with Crippen LogP contribution in [0.1, 0.15) is 21.5 Å². The second kappa shape index (κ2) is 5.54. The van der Waals surface area contributed by atoms with Gasteiger partial charge in [0.15, 0.2) is 6.29 Å². The van der Waals surface area contributed by atoms with Crippen LogP contribution in [0.3, 0.4) is 0 Å². The number of fused-ring (bicyclic) bond motifs is 1. The molecule has 3 rings (SSSR count). The summed E-state index contributed by atoms with van der Waals surface area (Å²) in [6.07, 6.45) is 4.93. The molecule has 0 saturated carbocycles. The van der Waals surface area contributed by atoms with Gasteiger partial charge in [-0.05, 0) is 34.0 Å². The fourth-order valence-corrected chi connectivity index (χ4v) is 2.27. The van der Waals surface area contributed by atoms with Crippen molar-refractivity contribution in [2.24, 2.45) is 0 Å². The first kappa shape index (κ1) is 12.4. The first-order valence-corrected chi connectivity index (χ1v) is 6.58. The molecule has 3 aromatic rings. The zero-order chi connectivity index (χ0) is 13.8. The van der Waals surface area contributed by atoms with Gasteiger partial charge in [-0.15, -0.1) is 0 Å². The van der Waals surface area contributed by atoms with Gasteiger partial charge in [0.25, 0.3) is 0 Å². The predicted octanol–water partition coefficient (Wildman–Crippen LogP) is 4.82. The SMILES string of the molecule is O=Cc1cc2ccccc2cc1C=Cc1ccccc1. The number of aldehydes is 1. The molecule has 0 unspecified atom stereocenters. The van der Waals surface area contributed by atoms with Crippen molar-refractivity contribution in [2.45, 2.75) is 0 Å². The molecule has 0 radical (unpaired) electrons. The number of carbonyl (C=O) groups excluding carboxylic acids is 1. The second-order valence-corrected chi connectivity index (χ2v) is 4.69. The summed E-state index contributed by atoms with van der Waals surface area (Å²) in [5.41, 5.74) is 2.79. The molecule has 0 aliphatic carbocycles. The minimum atomic E-state index is 0.718. The van der Waals surface area contributed by atoms with Crippen molar-refractivity contribution in [2.75, 3.05) is 0 Å². The molecule has 96 valence electrons. The van der Waals surface area contributed by atoms with Gasteiger partial charge in [-0.3, -0.25) is 4.79 Å². The Hall–Kier alpha value is -2.67. The lowest BCUT2D eigenvalue weighted by Crippen LogP contribution is -1.87. The molecule has 0 N–H and O–H groups in total. The Labute approximate surface area is 118 Å². The van der Waals surface area contributed by atoms with Crippen molar-refractivity contribution in [1.82, 2.24) is 0 Å². The van der Waals surface area contributed by atoms with Gasteiger partial charge in [0, 0.05) is 5.56 Å². The Morgan fingerprint density at radius 3 is 1.90 bits per heavy atom. The van der Waals surface area contributed by atoms with E-state index in [4.69, 9.17) is 0 Å². The van der Waals surface area contributed by atoms with Gasteiger partial charge in [0.1, 0.15) is 0 Å². The lowest BCUT2D eigenvalue weighted by atomic mass is 10.0. The highest BCUT2D eigenvalue weighted by atomic mass is 16.1. The van der Waals surface area contributed by atoms with Crippen molar-refractivity contribution in [3.05, 3.63) is 83.4 Å². The largest absolute Gasteiger partial charge is 0.298 e. The molecule has 0 spiro atoms. The van der Waals surface area contributed by atoms with E-state index in [2.05, 4.69) is 12.1 Å². The Morgan fingerprint density at radius 1 is 0.650 bits per heavy atom. The number of rotatable bonds is 3. The summed E-state index contributed by atoms with van der Waals surface area (Å²) < 4.78 is 0. The van der Waals surface area contributed by atoms with E-state index in [1.165, 1.54) is 0 Å². The second-order valence-electron chi connectivity index (χ2n) is 4.69. The average Bonchev–Trinajstić information content (AvgIpc) is 2.53. The number of hydrogen-bond acceptors (Lipinski definition) is 1. The molecule has 0 aliphatic rings. The molecular weight excluding hydrogens is 244 g/mol. The molecule has 0 amide bonds. The Balaban J connectivity index is 2.06. The molecule has 1 heteroatoms. The van der Waals surface area contributed by atoms with Crippen LogP contribution in [0.2, 0.25) is 0 Å². The zero-order valence-electron chi connectivity index (χ0n) is 11.0. The maximum atomic E-state index is 11.2. The van der Waals surface area contributed by atoms with Crippen LogP contribution in [-0.4, -0.2) is 6.29 Å². The van der Waals surface area contributed by atoms with Crippen molar-refractivity contribution < 1.29 is 4.79 Å². The van der Waals surface area contributed by atoms with E-state index < -0.39 is 0 Å². The van der Waals surface area contributed by atoms with Crippen LogP contribution in [0.15, 0.2) is 66.7 Å². The third kappa shape index (κ3) is 2.52. The van der Waals surface area contributed by atoms with Gasteiger partial charge in [0.05, 0.1) is 0 Å². The van der Waals surface area contributed by atoms with Crippen LogP contribution in [-0.2, 0) is 0 Å². The topological polar surface area (TPSA) is 17.1 Å². The van der Waals surface area contributed by atoms with Gasteiger partial charge >= 0.3 is 0 Å². The molecular formula is C19H14O. The molecule has 0 saturated heterocycles. The number of hydrogen-bond donors (Lipinski definition) is 0. The fourth-order valence-electron chi connectivity index (χ4n) is 2.27. The minimum Gasteiger partial charge on any atom is -0.298 e. The van der Waals surface area contributed by atoms with E-state index in [1.54, 1.807) is 0 Å². The summed E-state index contributed by atoms with van der Waals surface area (Å²) in [6.45, 7) is 0. The average molecular weight is 258 g/mol. The van der Waals surface area contributed by atoms with E-state index in [9.17, 15) is 4.79 Å². The molecule has 0 heterocycles. The smallest absolute Gasteiger partial charge is 0.150 e. The van der Waals surface area contributed by atoms with Gasteiger partial charge in [-0.25, -0.2) is 0 Å².